The molecule has 176 valence electrons. The lowest BCUT2D eigenvalue weighted by atomic mass is 10.1. The number of sulfonamides is 1. The van der Waals surface area contributed by atoms with Crippen LogP contribution in [0.25, 0.3) is 0 Å². The average molecular weight is 465 g/mol. The van der Waals surface area contributed by atoms with Crippen molar-refractivity contribution in [1.82, 2.24) is 19.8 Å². The third-order valence-corrected chi connectivity index (χ3v) is 7.89. The minimum absolute atomic E-state index is 0.00636. The number of nitrogens with zero attached hydrogens (tertiary/aromatic N) is 2. The van der Waals surface area contributed by atoms with Gasteiger partial charge in [-0.2, -0.15) is 0 Å². The van der Waals surface area contributed by atoms with Gasteiger partial charge in [0.1, 0.15) is 10.6 Å². The Bertz CT molecular complexity index is 949. The molecule has 2 saturated carbocycles. The second-order valence-electron chi connectivity index (χ2n) is 8.88. The summed E-state index contributed by atoms with van der Waals surface area (Å²) in [6, 6.07) is 4.82. The monoisotopic (exact) mass is 464 g/mol. The fourth-order valence-electron chi connectivity index (χ4n) is 4.34. The van der Waals surface area contributed by atoms with E-state index in [1.165, 1.54) is 19.2 Å². The van der Waals surface area contributed by atoms with Gasteiger partial charge in [-0.05, 0) is 43.9 Å². The van der Waals surface area contributed by atoms with Gasteiger partial charge in [-0.3, -0.25) is 14.5 Å². The van der Waals surface area contributed by atoms with Crippen LogP contribution in [0.4, 0.5) is 0 Å². The van der Waals surface area contributed by atoms with Crippen LogP contribution in [-0.2, 0) is 14.8 Å². The van der Waals surface area contributed by atoms with E-state index in [0.717, 1.165) is 38.5 Å². The molecule has 2 N–H and O–H groups in total. The summed E-state index contributed by atoms with van der Waals surface area (Å²) in [7, 11) is -2.38. The number of piperazine rings is 1. The number of carbonyl (C=O) groups excluding carboxylic acids is 2. The number of ether oxygens (including phenoxy) is 1. The van der Waals surface area contributed by atoms with E-state index in [1.807, 2.05) is 4.90 Å². The van der Waals surface area contributed by atoms with Crippen molar-refractivity contribution in [2.24, 2.45) is 0 Å². The van der Waals surface area contributed by atoms with Crippen molar-refractivity contribution in [1.29, 1.82) is 0 Å². The number of carbonyl (C=O) groups is 2. The van der Waals surface area contributed by atoms with Crippen molar-refractivity contribution in [3.8, 4) is 5.75 Å². The zero-order valence-electron chi connectivity index (χ0n) is 18.5. The summed E-state index contributed by atoms with van der Waals surface area (Å²) in [6.07, 6.45) is 5.79. The van der Waals surface area contributed by atoms with Crippen LogP contribution in [0, 0.1) is 0 Å². The Hall–Kier alpha value is -2.17. The molecule has 3 fully saturated rings. The molecule has 1 heterocycles. The zero-order chi connectivity index (χ0) is 22.7. The predicted octanol–water partition coefficient (Wildman–Crippen LogP) is 0.953. The van der Waals surface area contributed by atoms with Crippen molar-refractivity contribution in [2.75, 3.05) is 39.8 Å². The lowest BCUT2D eigenvalue weighted by Crippen LogP contribution is -2.51. The molecule has 10 heteroatoms. The van der Waals surface area contributed by atoms with Gasteiger partial charge in [0.15, 0.2) is 0 Å². The molecule has 0 spiro atoms. The molecular weight excluding hydrogens is 432 g/mol. The molecule has 0 aromatic heterocycles. The average Bonchev–Trinajstić information content (AvgIpc) is 3.45. The maximum absolute atomic E-state index is 13.1. The third kappa shape index (κ3) is 5.60. The maximum atomic E-state index is 13.1. The van der Waals surface area contributed by atoms with Crippen LogP contribution in [-0.4, -0.2) is 81.9 Å². The molecule has 0 unspecified atom stereocenters. The van der Waals surface area contributed by atoms with Crippen LogP contribution < -0.4 is 14.8 Å². The van der Waals surface area contributed by atoms with Crippen molar-refractivity contribution in [3.05, 3.63) is 23.8 Å². The van der Waals surface area contributed by atoms with E-state index in [2.05, 4.69) is 10.0 Å². The standard InChI is InChI=1S/C22H32N4O5S/c1-31-19-9-6-16(14-20(19)32(29,30)24-18-4-2-3-5-18)22(28)26-12-10-25(11-13-26)15-21(27)23-17-7-8-17/h6,9,14,17-18,24H,2-5,7-8,10-13,15H2,1H3,(H,23,27). The van der Waals surface area contributed by atoms with Gasteiger partial charge in [0.2, 0.25) is 15.9 Å². The summed E-state index contributed by atoms with van der Waals surface area (Å²) in [5.41, 5.74) is 0.317. The van der Waals surface area contributed by atoms with E-state index in [9.17, 15) is 18.0 Å². The molecule has 2 aliphatic carbocycles. The molecule has 1 aromatic carbocycles. The maximum Gasteiger partial charge on any atom is 0.253 e. The molecule has 9 nitrogen and oxygen atoms in total. The van der Waals surface area contributed by atoms with Crippen LogP contribution >= 0.6 is 0 Å². The minimum atomic E-state index is -3.80. The van der Waals surface area contributed by atoms with Crippen molar-refractivity contribution >= 4 is 21.8 Å². The Labute approximate surface area is 189 Å². The number of methoxy groups -OCH3 is 1. The molecule has 1 aliphatic heterocycles. The highest BCUT2D eigenvalue weighted by atomic mass is 32.2. The molecule has 2 amide bonds. The Morgan fingerprint density at radius 3 is 2.34 bits per heavy atom. The molecule has 3 aliphatic rings. The van der Waals surface area contributed by atoms with Crippen LogP contribution in [0.3, 0.4) is 0 Å². The van der Waals surface area contributed by atoms with Gasteiger partial charge in [0.25, 0.3) is 5.91 Å². The first-order valence-electron chi connectivity index (χ1n) is 11.4. The number of nitrogens with one attached hydrogen (secondary N) is 2. The van der Waals surface area contributed by atoms with Gasteiger partial charge in [0, 0.05) is 43.8 Å². The van der Waals surface area contributed by atoms with Crippen LogP contribution in [0.2, 0.25) is 0 Å². The van der Waals surface area contributed by atoms with E-state index in [4.69, 9.17) is 4.74 Å². The molecule has 4 rings (SSSR count). The Morgan fingerprint density at radius 2 is 1.72 bits per heavy atom. The lowest BCUT2D eigenvalue weighted by Gasteiger charge is -2.34. The van der Waals surface area contributed by atoms with E-state index < -0.39 is 10.0 Å². The Morgan fingerprint density at radius 1 is 1.03 bits per heavy atom. The highest BCUT2D eigenvalue weighted by molar-refractivity contribution is 7.89. The molecule has 32 heavy (non-hydrogen) atoms. The first-order chi connectivity index (χ1) is 15.4. The molecule has 0 bridgehead atoms. The summed E-state index contributed by atoms with van der Waals surface area (Å²) in [6.45, 7) is 2.53. The summed E-state index contributed by atoms with van der Waals surface area (Å²) >= 11 is 0. The topological polar surface area (TPSA) is 108 Å². The SMILES string of the molecule is COc1ccc(C(=O)N2CCN(CC(=O)NC3CC3)CC2)cc1S(=O)(=O)NC1CCCC1. The highest BCUT2D eigenvalue weighted by Crippen LogP contribution is 2.28. The fraction of sp³-hybridized carbons (Fsp3) is 0.636. The number of amides is 2. The van der Waals surface area contributed by atoms with Crippen molar-refractivity contribution in [2.45, 2.75) is 55.5 Å². The molecular formula is C22H32N4O5S. The van der Waals surface area contributed by atoms with E-state index in [0.29, 0.717) is 44.3 Å². The quantitative estimate of drug-likeness (QED) is 0.593. The third-order valence-electron chi connectivity index (χ3n) is 6.35. The normalized spacial score (nSPS) is 20.3. The Balaban J connectivity index is 1.40. The highest BCUT2D eigenvalue weighted by Gasteiger charge is 2.29. The van der Waals surface area contributed by atoms with E-state index in [-0.39, 0.29) is 28.5 Å². The molecule has 1 saturated heterocycles. The Kier molecular flexibility index (Phi) is 7.02. The number of hydrogen-bond donors (Lipinski definition) is 2. The lowest BCUT2D eigenvalue weighted by molar-refractivity contribution is -0.122. The summed E-state index contributed by atoms with van der Waals surface area (Å²) in [4.78, 5) is 28.8. The number of hydrogen-bond acceptors (Lipinski definition) is 6. The van der Waals surface area contributed by atoms with E-state index in [1.54, 1.807) is 11.0 Å². The first kappa shape index (κ1) is 23.0. The second-order valence-corrected chi connectivity index (χ2v) is 10.6. The van der Waals surface area contributed by atoms with Crippen LogP contribution in [0.5, 0.6) is 5.75 Å². The van der Waals surface area contributed by atoms with Gasteiger partial charge in [-0.25, -0.2) is 13.1 Å². The minimum Gasteiger partial charge on any atom is -0.495 e. The molecule has 0 atom stereocenters. The van der Waals surface area contributed by atoms with Crippen molar-refractivity contribution in [3.63, 3.8) is 0 Å². The van der Waals surface area contributed by atoms with Crippen molar-refractivity contribution < 1.29 is 22.7 Å². The fourth-order valence-corrected chi connectivity index (χ4v) is 5.84. The molecule has 1 aromatic rings. The number of rotatable bonds is 8. The van der Waals surface area contributed by atoms with Gasteiger partial charge in [0.05, 0.1) is 13.7 Å². The van der Waals surface area contributed by atoms with Crippen LogP contribution in [0.1, 0.15) is 48.9 Å². The summed E-state index contributed by atoms with van der Waals surface area (Å²) < 4.78 is 34.0. The molecule has 0 radical (unpaired) electrons. The van der Waals surface area contributed by atoms with Gasteiger partial charge in [-0.1, -0.05) is 12.8 Å². The zero-order valence-corrected chi connectivity index (χ0v) is 19.3. The summed E-state index contributed by atoms with van der Waals surface area (Å²) in [5.74, 6) is 0.0395. The van der Waals surface area contributed by atoms with Gasteiger partial charge in [-0.15, -0.1) is 0 Å². The largest absolute Gasteiger partial charge is 0.495 e. The van der Waals surface area contributed by atoms with Gasteiger partial charge >= 0.3 is 0 Å². The number of benzene rings is 1. The summed E-state index contributed by atoms with van der Waals surface area (Å²) in [5, 5.41) is 2.98. The first-order valence-corrected chi connectivity index (χ1v) is 12.9. The van der Waals surface area contributed by atoms with Gasteiger partial charge < -0.3 is 15.0 Å². The smallest absolute Gasteiger partial charge is 0.253 e. The second kappa shape index (κ2) is 9.76. The van der Waals surface area contributed by atoms with Crippen LogP contribution in [0.15, 0.2) is 23.1 Å². The van der Waals surface area contributed by atoms with E-state index >= 15 is 0 Å². The predicted molar refractivity (Wildman–Crippen MR) is 119 cm³/mol.